The average molecular weight is 567 g/mol. The Hall–Kier alpha value is -2.91. The minimum atomic E-state index is -0.907. The summed E-state index contributed by atoms with van der Waals surface area (Å²) < 4.78 is 0. The van der Waals surface area contributed by atoms with E-state index < -0.39 is 11.9 Å². The van der Waals surface area contributed by atoms with E-state index in [1.165, 1.54) is 12.3 Å². The molecule has 0 unspecified atom stereocenters. The van der Waals surface area contributed by atoms with Crippen LogP contribution in [0, 0.1) is 0 Å². The van der Waals surface area contributed by atoms with E-state index in [2.05, 4.69) is 20.6 Å². The highest BCUT2D eigenvalue weighted by Gasteiger charge is 2.28. The van der Waals surface area contributed by atoms with Crippen LogP contribution in [0.15, 0.2) is 42.6 Å². The van der Waals surface area contributed by atoms with Gasteiger partial charge in [-0.1, -0.05) is 46.4 Å². The second-order valence-corrected chi connectivity index (χ2v) is 9.58. The van der Waals surface area contributed by atoms with Gasteiger partial charge in [-0.3, -0.25) is 9.59 Å². The molecule has 36 heavy (non-hydrogen) atoms. The fourth-order valence-corrected chi connectivity index (χ4v) is 4.83. The lowest BCUT2D eigenvalue weighted by atomic mass is 9.96. The molecule has 0 saturated heterocycles. The molecule has 0 bridgehead atoms. The Bertz CT molecular complexity index is 1320. The number of amides is 2. The van der Waals surface area contributed by atoms with Gasteiger partial charge in [0.1, 0.15) is 17.5 Å². The summed E-state index contributed by atoms with van der Waals surface area (Å²) >= 11 is 24.8. The third-order valence-corrected chi connectivity index (χ3v) is 6.77. The lowest BCUT2D eigenvalue weighted by Crippen LogP contribution is -2.41. The highest BCUT2D eigenvalue weighted by molar-refractivity contribution is 6.40. The molecule has 1 aromatic heterocycles. The van der Waals surface area contributed by atoms with Gasteiger partial charge in [-0.15, -0.1) is 0 Å². The van der Waals surface area contributed by atoms with Gasteiger partial charge in [0.15, 0.2) is 0 Å². The van der Waals surface area contributed by atoms with E-state index in [1.807, 2.05) is 0 Å². The van der Waals surface area contributed by atoms with E-state index in [1.54, 1.807) is 35.2 Å². The van der Waals surface area contributed by atoms with Crippen LogP contribution < -0.4 is 10.6 Å². The number of aromatic nitrogens is 2. The normalized spacial score (nSPS) is 13.5. The molecule has 0 spiro atoms. The van der Waals surface area contributed by atoms with Gasteiger partial charge in [-0.05, 0) is 53.9 Å². The van der Waals surface area contributed by atoms with Crippen LogP contribution in [0.1, 0.15) is 31.8 Å². The van der Waals surface area contributed by atoms with Crippen molar-refractivity contribution >= 4 is 70.5 Å². The first-order chi connectivity index (χ1) is 17.3. The van der Waals surface area contributed by atoms with E-state index in [0.29, 0.717) is 36.4 Å². The van der Waals surface area contributed by atoms with Crippen LogP contribution in [-0.4, -0.2) is 52.1 Å². The van der Waals surface area contributed by atoms with Crippen molar-refractivity contribution in [2.45, 2.75) is 19.0 Å². The van der Waals surface area contributed by atoms with E-state index in [9.17, 15) is 14.4 Å². The first kappa shape index (κ1) is 26.2. The molecule has 1 aliphatic heterocycles. The van der Waals surface area contributed by atoms with Gasteiger partial charge in [-0.25, -0.2) is 9.97 Å². The van der Waals surface area contributed by atoms with Gasteiger partial charge in [0, 0.05) is 36.4 Å². The monoisotopic (exact) mass is 565 g/mol. The van der Waals surface area contributed by atoms with Gasteiger partial charge in [0.25, 0.3) is 11.8 Å². The molecule has 4 rings (SSSR count). The molecule has 3 aromatic rings. The number of carbonyl (C=O) groups is 3. The van der Waals surface area contributed by atoms with Gasteiger partial charge in [-0.2, -0.15) is 0 Å². The number of fused-ring (bicyclic) bond motifs is 1. The Morgan fingerprint density at radius 2 is 1.86 bits per heavy atom. The number of halogens is 4. The van der Waals surface area contributed by atoms with Crippen LogP contribution in [0.4, 0.5) is 5.95 Å². The van der Waals surface area contributed by atoms with Crippen LogP contribution >= 0.6 is 46.4 Å². The third-order valence-electron chi connectivity index (χ3n) is 5.59. The molecule has 0 saturated carbocycles. The summed E-state index contributed by atoms with van der Waals surface area (Å²) in [4.78, 5) is 47.1. The van der Waals surface area contributed by atoms with Crippen molar-refractivity contribution in [3.05, 3.63) is 85.1 Å². The van der Waals surface area contributed by atoms with Crippen LogP contribution in [0.3, 0.4) is 0 Å². The number of hydrogen-bond donors (Lipinski definition) is 2. The number of rotatable bonds is 7. The van der Waals surface area contributed by atoms with Crippen molar-refractivity contribution in [1.29, 1.82) is 0 Å². The summed E-state index contributed by atoms with van der Waals surface area (Å²) in [5.74, 6) is -0.527. The second-order valence-electron chi connectivity index (χ2n) is 7.97. The molecule has 8 nitrogen and oxygen atoms in total. The quantitative estimate of drug-likeness (QED) is 0.317. The molecular formula is C24H19Cl4N5O3. The predicted molar refractivity (Wildman–Crippen MR) is 139 cm³/mol. The lowest BCUT2D eigenvalue weighted by Gasteiger charge is -2.30. The zero-order valence-corrected chi connectivity index (χ0v) is 21.6. The number of anilines is 1. The minimum Gasteiger partial charge on any atom is -0.352 e. The van der Waals surface area contributed by atoms with Crippen molar-refractivity contribution in [1.82, 2.24) is 20.2 Å². The summed E-state index contributed by atoms with van der Waals surface area (Å²) in [6.45, 7) is 0.730. The van der Waals surface area contributed by atoms with Crippen molar-refractivity contribution in [2.75, 3.05) is 18.4 Å². The van der Waals surface area contributed by atoms with Gasteiger partial charge in [0.05, 0.1) is 15.6 Å². The molecule has 2 N–H and O–H groups in total. The molecule has 1 aliphatic rings. The number of carbonyl (C=O) groups excluding carboxylic acids is 3. The molecular weight excluding hydrogens is 548 g/mol. The van der Waals surface area contributed by atoms with Gasteiger partial charge in [0.2, 0.25) is 5.95 Å². The SMILES string of the molecule is O=C[C@H](CNc1nccc(Cl)n1)NC(=O)c1c(Cl)cc2c(c1Cl)CCN(C(=O)c1ccc(Cl)cc1)C2. The van der Waals surface area contributed by atoms with E-state index in [4.69, 9.17) is 46.4 Å². The van der Waals surface area contributed by atoms with Crippen molar-refractivity contribution in [3.8, 4) is 0 Å². The number of nitrogens with zero attached hydrogens (tertiary/aromatic N) is 3. The zero-order chi connectivity index (χ0) is 25.8. The maximum absolute atomic E-state index is 13.0. The summed E-state index contributed by atoms with van der Waals surface area (Å²) in [5, 5.41) is 6.55. The molecule has 2 heterocycles. The fourth-order valence-electron chi connectivity index (χ4n) is 3.81. The molecule has 2 aromatic carbocycles. The van der Waals surface area contributed by atoms with Gasteiger partial charge >= 0.3 is 0 Å². The third kappa shape index (κ3) is 5.90. The van der Waals surface area contributed by atoms with Crippen molar-refractivity contribution in [3.63, 3.8) is 0 Å². The maximum atomic E-state index is 13.0. The molecule has 1 atom stereocenters. The van der Waals surface area contributed by atoms with Crippen LogP contribution in [0.25, 0.3) is 0 Å². The fraction of sp³-hybridized carbons (Fsp3) is 0.208. The Morgan fingerprint density at radius 1 is 1.11 bits per heavy atom. The van der Waals surface area contributed by atoms with E-state index >= 15 is 0 Å². The Morgan fingerprint density at radius 3 is 2.56 bits per heavy atom. The van der Waals surface area contributed by atoms with E-state index in [0.717, 1.165) is 11.1 Å². The number of hydrogen-bond acceptors (Lipinski definition) is 6. The standard InChI is InChI=1S/C24H19Cl4N5O3/c25-15-3-1-13(2-4-15)23(36)33-8-6-17-14(11-33)9-18(26)20(21(17)28)22(35)31-16(12-34)10-30-24-29-7-5-19(27)32-24/h1-5,7,9,12,16H,6,8,10-11H2,(H,31,35)(H,29,30,32)/t16-/m0/s1. The molecule has 0 fully saturated rings. The van der Waals surface area contributed by atoms with Crippen LogP contribution in [0.5, 0.6) is 0 Å². The molecule has 12 heteroatoms. The van der Waals surface area contributed by atoms with E-state index in [-0.39, 0.29) is 39.2 Å². The summed E-state index contributed by atoms with van der Waals surface area (Å²) in [7, 11) is 0. The highest BCUT2D eigenvalue weighted by Crippen LogP contribution is 2.35. The summed E-state index contributed by atoms with van der Waals surface area (Å²) in [6.07, 6.45) is 2.48. The predicted octanol–water partition coefficient (Wildman–Crippen LogP) is 4.70. The average Bonchev–Trinajstić information content (AvgIpc) is 2.86. The van der Waals surface area contributed by atoms with Crippen LogP contribution in [-0.2, 0) is 17.8 Å². The first-order valence-corrected chi connectivity index (χ1v) is 12.3. The van der Waals surface area contributed by atoms with Crippen molar-refractivity contribution in [2.24, 2.45) is 0 Å². The number of nitrogens with one attached hydrogen (secondary N) is 2. The second kappa shape index (κ2) is 11.4. The number of aldehydes is 1. The molecule has 186 valence electrons. The summed E-state index contributed by atoms with van der Waals surface area (Å²) in [6, 6.07) is 8.90. The largest absolute Gasteiger partial charge is 0.352 e. The Balaban J connectivity index is 1.47. The van der Waals surface area contributed by atoms with Crippen molar-refractivity contribution < 1.29 is 14.4 Å². The first-order valence-electron chi connectivity index (χ1n) is 10.8. The lowest BCUT2D eigenvalue weighted by molar-refractivity contribution is -0.109. The topological polar surface area (TPSA) is 104 Å². The highest BCUT2D eigenvalue weighted by atomic mass is 35.5. The zero-order valence-electron chi connectivity index (χ0n) is 18.6. The summed E-state index contributed by atoms with van der Waals surface area (Å²) in [5.41, 5.74) is 2.08. The number of benzene rings is 2. The Labute approximate surface area is 226 Å². The van der Waals surface area contributed by atoms with Gasteiger partial charge < -0.3 is 20.3 Å². The smallest absolute Gasteiger partial charge is 0.254 e. The Kier molecular flexibility index (Phi) is 8.31. The molecule has 0 aliphatic carbocycles. The minimum absolute atomic E-state index is 0.0253. The van der Waals surface area contributed by atoms with Crippen LogP contribution in [0.2, 0.25) is 20.2 Å². The molecule has 2 amide bonds. The maximum Gasteiger partial charge on any atom is 0.254 e. The molecule has 0 radical (unpaired) electrons.